The van der Waals surface area contributed by atoms with Crippen molar-refractivity contribution in [3.05, 3.63) is 23.7 Å². The highest BCUT2D eigenvalue weighted by atomic mass is 15.3. The van der Waals surface area contributed by atoms with E-state index in [1.54, 1.807) is 4.52 Å². The molecule has 0 saturated carbocycles. The third kappa shape index (κ3) is 1.23. The van der Waals surface area contributed by atoms with Crippen molar-refractivity contribution >= 4 is 11.3 Å². The lowest BCUT2D eigenvalue weighted by Crippen LogP contribution is -1.94. The van der Waals surface area contributed by atoms with Gasteiger partial charge in [-0.25, -0.2) is 9.50 Å². The summed E-state index contributed by atoms with van der Waals surface area (Å²) in [5.41, 5.74) is 9.45. The molecule has 0 aromatic carbocycles. The normalized spacial score (nSPS) is 11.0. The Morgan fingerprint density at radius 1 is 1.36 bits per heavy atom. The van der Waals surface area contributed by atoms with Gasteiger partial charge in [0.1, 0.15) is 5.69 Å². The largest absolute Gasteiger partial charge is 0.394 e. The number of nitrogens with two attached hydrogens (primary N) is 1. The summed E-state index contributed by atoms with van der Waals surface area (Å²) in [5.74, 6) is 0. The Morgan fingerprint density at radius 3 is 2.79 bits per heavy atom. The summed E-state index contributed by atoms with van der Waals surface area (Å²) >= 11 is 0. The molecule has 14 heavy (non-hydrogen) atoms. The van der Waals surface area contributed by atoms with Gasteiger partial charge < -0.3 is 5.73 Å². The Bertz CT molecular complexity index is 458. The number of aryl methyl sites for hydroxylation is 2. The van der Waals surface area contributed by atoms with Crippen LogP contribution in [-0.4, -0.2) is 14.6 Å². The molecule has 2 aromatic heterocycles. The van der Waals surface area contributed by atoms with Crippen molar-refractivity contribution in [3.63, 3.8) is 0 Å². The third-order valence-corrected chi connectivity index (χ3v) is 2.38. The molecule has 2 heterocycles. The summed E-state index contributed by atoms with van der Waals surface area (Å²) in [6, 6.07) is 0. The maximum atomic E-state index is 5.90. The van der Waals surface area contributed by atoms with Crippen molar-refractivity contribution in [2.45, 2.75) is 26.7 Å². The molecule has 0 fully saturated rings. The van der Waals surface area contributed by atoms with Gasteiger partial charge in [0, 0.05) is 12.4 Å². The summed E-state index contributed by atoms with van der Waals surface area (Å²) in [5, 5.41) is 4.37. The molecule has 0 unspecified atom stereocenters. The van der Waals surface area contributed by atoms with E-state index in [1.165, 1.54) is 5.56 Å². The number of nitrogens with zero attached hydrogens (tertiary/aromatic N) is 3. The lowest BCUT2D eigenvalue weighted by Gasteiger charge is -1.96. The van der Waals surface area contributed by atoms with Crippen LogP contribution in [0.25, 0.3) is 5.65 Å². The van der Waals surface area contributed by atoms with Crippen LogP contribution in [0.5, 0.6) is 0 Å². The van der Waals surface area contributed by atoms with E-state index in [4.69, 9.17) is 5.73 Å². The van der Waals surface area contributed by atoms with Crippen molar-refractivity contribution in [1.29, 1.82) is 0 Å². The van der Waals surface area contributed by atoms with E-state index in [1.807, 2.05) is 19.3 Å². The van der Waals surface area contributed by atoms with Gasteiger partial charge in [-0.3, -0.25) is 0 Å². The van der Waals surface area contributed by atoms with E-state index in [0.29, 0.717) is 5.69 Å². The van der Waals surface area contributed by atoms with Crippen LogP contribution in [-0.2, 0) is 12.8 Å². The first-order valence-corrected chi connectivity index (χ1v) is 4.87. The van der Waals surface area contributed by atoms with Crippen molar-refractivity contribution in [2.75, 3.05) is 5.73 Å². The molecule has 0 bridgehead atoms. The topological polar surface area (TPSA) is 56.2 Å². The van der Waals surface area contributed by atoms with E-state index >= 15 is 0 Å². The molecule has 4 nitrogen and oxygen atoms in total. The fourth-order valence-electron chi connectivity index (χ4n) is 1.48. The molecule has 74 valence electrons. The maximum absolute atomic E-state index is 5.90. The Morgan fingerprint density at radius 2 is 2.14 bits per heavy atom. The molecular formula is C10H14N4. The molecule has 0 spiro atoms. The zero-order chi connectivity index (χ0) is 10.1. The summed E-state index contributed by atoms with van der Waals surface area (Å²) in [6.07, 6.45) is 5.64. The quantitative estimate of drug-likeness (QED) is 0.779. The van der Waals surface area contributed by atoms with Gasteiger partial charge in [-0.2, -0.15) is 5.10 Å². The number of anilines is 1. The maximum Gasteiger partial charge on any atom is 0.178 e. The minimum atomic E-state index is 0.704. The Balaban J connectivity index is 2.66. The van der Waals surface area contributed by atoms with Crippen LogP contribution >= 0.6 is 0 Å². The average molecular weight is 190 g/mol. The second-order valence-corrected chi connectivity index (χ2v) is 3.30. The van der Waals surface area contributed by atoms with E-state index in [0.717, 1.165) is 24.2 Å². The van der Waals surface area contributed by atoms with Crippen molar-refractivity contribution in [3.8, 4) is 0 Å². The van der Waals surface area contributed by atoms with Crippen molar-refractivity contribution < 1.29 is 0 Å². The molecule has 0 amide bonds. The molecule has 0 aliphatic carbocycles. The molecular weight excluding hydrogens is 176 g/mol. The zero-order valence-corrected chi connectivity index (χ0v) is 8.49. The minimum absolute atomic E-state index is 0.704. The predicted molar refractivity (Wildman–Crippen MR) is 56.2 cm³/mol. The van der Waals surface area contributed by atoms with Gasteiger partial charge in [0.2, 0.25) is 0 Å². The van der Waals surface area contributed by atoms with Gasteiger partial charge in [-0.05, 0) is 18.4 Å². The molecule has 0 aliphatic rings. The Hall–Kier alpha value is -1.58. The first-order valence-electron chi connectivity index (χ1n) is 4.87. The van der Waals surface area contributed by atoms with Crippen molar-refractivity contribution in [2.24, 2.45) is 0 Å². The first kappa shape index (κ1) is 8.99. The molecule has 4 heteroatoms. The highest BCUT2D eigenvalue weighted by molar-refractivity contribution is 5.67. The zero-order valence-electron chi connectivity index (χ0n) is 8.49. The highest BCUT2D eigenvalue weighted by Gasteiger charge is 2.08. The van der Waals surface area contributed by atoms with E-state index in [-0.39, 0.29) is 0 Å². The highest BCUT2D eigenvalue weighted by Crippen LogP contribution is 2.16. The first-order chi connectivity index (χ1) is 6.76. The van der Waals surface area contributed by atoms with Gasteiger partial charge in [0.05, 0.1) is 5.69 Å². The monoisotopic (exact) mass is 190 g/mol. The standard InChI is InChI=1S/C10H14N4/c1-3-7-5-12-10-9(11)8(4-2)13-14(10)6-7/h5-6H,3-4,11H2,1-2H3. The van der Waals surface area contributed by atoms with Crippen LogP contribution in [0, 0.1) is 0 Å². The lowest BCUT2D eigenvalue weighted by molar-refractivity contribution is 0.871. The molecule has 2 aromatic rings. The van der Waals surface area contributed by atoms with Gasteiger partial charge in [0.15, 0.2) is 5.65 Å². The molecule has 0 aliphatic heterocycles. The number of nitrogen functional groups attached to an aromatic ring is 1. The molecule has 2 N–H and O–H groups in total. The number of rotatable bonds is 2. The van der Waals surface area contributed by atoms with Gasteiger partial charge in [-0.1, -0.05) is 13.8 Å². The number of aromatic nitrogens is 3. The SMILES string of the molecule is CCc1cnc2c(N)c(CC)nn2c1. The number of fused-ring (bicyclic) bond motifs is 1. The lowest BCUT2D eigenvalue weighted by atomic mass is 10.3. The second-order valence-electron chi connectivity index (χ2n) is 3.30. The third-order valence-electron chi connectivity index (χ3n) is 2.38. The minimum Gasteiger partial charge on any atom is -0.394 e. The van der Waals surface area contributed by atoms with Crippen LogP contribution in [0.4, 0.5) is 5.69 Å². The van der Waals surface area contributed by atoms with Gasteiger partial charge >= 0.3 is 0 Å². The Labute approximate surface area is 82.8 Å². The summed E-state index contributed by atoms with van der Waals surface area (Å²) in [4.78, 5) is 4.30. The van der Waals surface area contributed by atoms with Gasteiger partial charge in [0.25, 0.3) is 0 Å². The van der Waals surface area contributed by atoms with Gasteiger partial charge in [-0.15, -0.1) is 0 Å². The molecule has 0 saturated heterocycles. The van der Waals surface area contributed by atoms with Crippen LogP contribution in [0.2, 0.25) is 0 Å². The van der Waals surface area contributed by atoms with E-state index in [2.05, 4.69) is 17.0 Å². The predicted octanol–water partition coefficient (Wildman–Crippen LogP) is 1.44. The molecule has 0 radical (unpaired) electrons. The number of hydrogen-bond donors (Lipinski definition) is 1. The second kappa shape index (κ2) is 3.29. The summed E-state index contributed by atoms with van der Waals surface area (Å²) in [6.45, 7) is 4.13. The Kier molecular flexibility index (Phi) is 2.11. The summed E-state index contributed by atoms with van der Waals surface area (Å²) in [7, 11) is 0. The average Bonchev–Trinajstić information content (AvgIpc) is 2.55. The molecule has 0 atom stereocenters. The van der Waals surface area contributed by atoms with E-state index in [9.17, 15) is 0 Å². The van der Waals surface area contributed by atoms with Crippen molar-refractivity contribution in [1.82, 2.24) is 14.6 Å². The molecule has 2 rings (SSSR count). The summed E-state index contributed by atoms with van der Waals surface area (Å²) < 4.78 is 1.77. The fraction of sp³-hybridized carbons (Fsp3) is 0.400. The van der Waals surface area contributed by atoms with Crippen LogP contribution in [0.15, 0.2) is 12.4 Å². The fourth-order valence-corrected chi connectivity index (χ4v) is 1.48. The van der Waals surface area contributed by atoms with Crippen LogP contribution in [0.1, 0.15) is 25.1 Å². The van der Waals surface area contributed by atoms with Crippen LogP contribution < -0.4 is 5.73 Å². The van der Waals surface area contributed by atoms with Crippen LogP contribution in [0.3, 0.4) is 0 Å². The smallest absolute Gasteiger partial charge is 0.178 e. The van der Waals surface area contributed by atoms with E-state index < -0.39 is 0 Å². The number of hydrogen-bond acceptors (Lipinski definition) is 3.